The second kappa shape index (κ2) is 5.39. The molecule has 3 aromatic heterocycles. The lowest BCUT2D eigenvalue weighted by atomic mass is 10.2. The number of hydrogen-bond acceptors (Lipinski definition) is 5. The van der Waals surface area contributed by atoms with Crippen LogP contribution < -0.4 is 11.1 Å². The van der Waals surface area contributed by atoms with Gasteiger partial charge in [-0.15, -0.1) is 11.3 Å². The van der Waals surface area contributed by atoms with Crippen LogP contribution in [-0.2, 0) is 6.54 Å². The third-order valence-electron chi connectivity index (χ3n) is 3.47. The molecule has 0 aliphatic heterocycles. The van der Waals surface area contributed by atoms with Gasteiger partial charge in [-0.1, -0.05) is 15.9 Å². The van der Waals surface area contributed by atoms with Gasteiger partial charge < -0.3 is 0 Å². The second-order valence-corrected chi connectivity index (χ2v) is 6.77. The lowest BCUT2D eigenvalue weighted by Gasteiger charge is -2.06. The molecule has 1 aromatic carbocycles. The summed E-state index contributed by atoms with van der Waals surface area (Å²) in [7, 11) is 0. The first-order valence-electron chi connectivity index (χ1n) is 6.72. The molecule has 0 saturated carbocycles. The predicted octanol–water partition coefficient (Wildman–Crippen LogP) is 2.28. The van der Waals surface area contributed by atoms with Crippen LogP contribution in [0, 0.1) is 0 Å². The van der Waals surface area contributed by atoms with Gasteiger partial charge in [0.25, 0.3) is 11.1 Å². The number of hydrogen-bond donors (Lipinski definition) is 0. The lowest BCUT2D eigenvalue weighted by Crippen LogP contribution is -2.23. The molecule has 0 aliphatic carbocycles. The minimum absolute atomic E-state index is 0.157. The lowest BCUT2D eigenvalue weighted by molar-refractivity contribution is 0.728. The fourth-order valence-corrected chi connectivity index (χ4v) is 3.49. The summed E-state index contributed by atoms with van der Waals surface area (Å²) in [5, 5.41) is 2.32. The van der Waals surface area contributed by atoms with Crippen molar-refractivity contribution in [2.75, 3.05) is 0 Å². The SMILES string of the molecule is O=c1c2cc(Br)ccc2ncn1Cc1cc(=O)n2ccsc2n1. The van der Waals surface area contributed by atoms with Gasteiger partial charge in [0, 0.05) is 22.1 Å². The van der Waals surface area contributed by atoms with Crippen molar-refractivity contribution in [3.63, 3.8) is 0 Å². The van der Waals surface area contributed by atoms with E-state index in [1.807, 2.05) is 6.07 Å². The highest BCUT2D eigenvalue weighted by atomic mass is 79.9. The van der Waals surface area contributed by atoms with Gasteiger partial charge in [-0.2, -0.15) is 0 Å². The highest BCUT2D eigenvalue weighted by Gasteiger charge is 2.08. The van der Waals surface area contributed by atoms with Crippen LogP contribution in [0.1, 0.15) is 5.69 Å². The number of rotatable bonds is 2. The Hall–Kier alpha value is -2.32. The van der Waals surface area contributed by atoms with Crippen LogP contribution in [0.25, 0.3) is 15.9 Å². The molecule has 0 fully saturated rings. The summed E-state index contributed by atoms with van der Waals surface area (Å²) in [5.74, 6) is 0. The molecule has 0 spiro atoms. The topological polar surface area (TPSA) is 69.3 Å². The number of halogens is 1. The molecule has 114 valence electrons. The summed E-state index contributed by atoms with van der Waals surface area (Å²) >= 11 is 4.74. The van der Waals surface area contributed by atoms with Gasteiger partial charge in [0.2, 0.25) is 0 Å². The van der Waals surface area contributed by atoms with Gasteiger partial charge in [-0.05, 0) is 18.2 Å². The van der Waals surface area contributed by atoms with Crippen molar-refractivity contribution in [3.05, 3.63) is 73.0 Å². The molecule has 0 radical (unpaired) electrons. The molecule has 0 bridgehead atoms. The number of thiazole rings is 1. The molecule has 6 nitrogen and oxygen atoms in total. The molecule has 0 unspecified atom stereocenters. The summed E-state index contributed by atoms with van der Waals surface area (Å²) < 4.78 is 3.76. The fourth-order valence-electron chi connectivity index (χ4n) is 2.39. The van der Waals surface area contributed by atoms with Crippen molar-refractivity contribution in [1.29, 1.82) is 0 Å². The zero-order valence-electron chi connectivity index (χ0n) is 11.6. The highest BCUT2D eigenvalue weighted by molar-refractivity contribution is 9.10. The Morgan fingerprint density at radius 2 is 2.09 bits per heavy atom. The average Bonchev–Trinajstić information content (AvgIpc) is 3.00. The van der Waals surface area contributed by atoms with E-state index in [1.165, 1.54) is 32.7 Å². The predicted molar refractivity (Wildman–Crippen MR) is 92.1 cm³/mol. The van der Waals surface area contributed by atoms with E-state index in [1.54, 1.807) is 23.7 Å². The third kappa shape index (κ3) is 2.49. The maximum absolute atomic E-state index is 12.6. The zero-order valence-corrected chi connectivity index (χ0v) is 14.0. The van der Waals surface area contributed by atoms with Crippen LogP contribution in [0.5, 0.6) is 0 Å². The van der Waals surface area contributed by atoms with Crippen LogP contribution in [-0.4, -0.2) is 18.9 Å². The van der Waals surface area contributed by atoms with Gasteiger partial charge in [0.15, 0.2) is 4.96 Å². The summed E-state index contributed by atoms with van der Waals surface area (Å²) in [5.41, 5.74) is 0.854. The Kier molecular flexibility index (Phi) is 3.35. The Morgan fingerprint density at radius 1 is 1.22 bits per heavy atom. The average molecular weight is 389 g/mol. The molecular formula is C15H9BrN4O2S. The number of fused-ring (bicyclic) bond motifs is 2. The number of aromatic nitrogens is 4. The van der Waals surface area contributed by atoms with Crippen molar-refractivity contribution < 1.29 is 0 Å². The molecule has 8 heteroatoms. The maximum Gasteiger partial charge on any atom is 0.261 e. The van der Waals surface area contributed by atoms with E-state index < -0.39 is 0 Å². The van der Waals surface area contributed by atoms with Crippen molar-refractivity contribution in [1.82, 2.24) is 18.9 Å². The van der Waals surface area contributed by atoms with Crippen LogP contribution in [0.2, 0.25) is 0 Å². The van der Waals surface area contributed by atoms with Crippen molar-refractivity contribution in [2.24, 2.45) is 0 Å². The molecule has 4 rings (SSSR count). The molecule has 0 aliphatic rings. The van der Waals surface area contributed by atoms with Crippen molar-refractivity contribution in [3.8, 4) is 0 Å². The second-order valence-electron chi connectivity index (χ2n) is 4.98. The molecule has 0 amide bonds. The van der Waals surface area contributed by atoms with Crippen LogP contribution in [0.3, 0.4) is 0 Å². The van der Waals surface area contributed by atoms with E-state index >= 15 is 0 Å². The summed E-state index contributed by atoms with van der Waals surface area (Å²) in [6.45, 7) is 0.206. The first kappa shape index (κ1) is 14.3. The molecule has 3 heterocycles. The Morgan fingerprint density at radius 3 is 2.96 bits per heavy atom. The van der Waals surface area contributed by atoms with Gasteiger partial charge >= 0.3 is 0 Å². The largest absolute Gasteiger partial charge is 0.293 e. The Bertz CT molecular complexity index is 1160. The first-order chi connectivity index (χ1) is 11.1. The van der Waals surface area contributed by atoms with Gasteiger partial charge in [-0.3, -0.25) is 18.6 Å². The summed E-state index contributed by atoms with van der Waals surface area (Å²) in [6, 6.07) is 6.81. The molecule has 4 aromatic rings. The molecule has 0 atom stereocenters. The minimum Gasteiger partial charge on any atom is -0.293 e. The highest BCUT2D eigenvalue weighted by Crippen LogP contribution is 2.15. The van der Waals surface area contributed by atoms with E-state index in [9.17, 15) is 9.59 Å². The Balaban J connectivity index is 1.84. The quantitative estimate of drug-likeness (QED) is 0.528. The maximum atomic E-state index is 12.6. The van der Waals surface area contributed by atoms with Crippen LogP contribution >= 0.6 is 27.3 Å². The monoisotopic (exact) mass is 388 g/mol. The fraction of sp³-hybridized carbons (Fsp3) is 0.0667. The van der Waals surface area contributed by atoms with E-state index in [0.717, 1.165) is 4.47 Å². The Labute approximate surface area is 141 Å². The van der Waals surface area contributed by atoms with Crippen molar-refractivity contribution >= 4 is 43.1 Å². The minimum atomic E-state index is -0.163. The molecule has 23 heavy (non-hydrogen) atoms. The third-order valence-corrected chi connectivity index (χ3v) is 4.72. The van der Waals surface area contributed by atoms with Gasteiger partial charge in [0.05, 0.1) is 29.5 Å². The number of nitrogens with zero attached hydrogens (tertiary/aromatic N) is 4. The molecule has 0 saturated heterocycles. The summed E-state index contributed by atoms with van der Waals surface area (Å²) in [4.78, 5) is 33.9. The first-order valence-corrected chi connectivity index (χ1v) is 8.39. The van der Waals surface area contributed by atoms with E-state index in [-0.39, 0.29) is 17.7 Å². The van der Waals surface area contributed by atoms with Crippen LogP contribution in [0.15, 0.2) is 56.2 Å². The van der Waals surface area contributed by atoms with E-state index in [0.29, 0.717) is 21.6 Å². The van der Waals surface area contributed by atoms with E-state index in [4.69, 9.17) is 0 Å². The molecular weight excluding hydrogens is 380 g/mol. The smallest absolute Gasteiger partial charge is 0.261 e. The van der Waals surface area contributed by atoms with Crippen molar-refractivity contribution in [2.45, 2.75) is 6.54 Å². The van der Waals surface area contributed by atoms with Gasteiger partial charge in [0.1, 0.15) is 0 Å². The normalized spacial score (nSPS) is 11.3. The van der Waals surface area contributed by atoms with Gasteiger partial charge in [-0.25, -0.2) is 9.97 Å². The number of benzene rings is 1. The van der Waals surface area contributed by atoms with E-state index in [2.05, 4.69) is 25.9 Å². The van der Waals surface area contributed by atoms with Crippen LogP contribution in [0.4, 0.5) is 0 Å². The summed E-state index contributed by atoms with van der Waals surface area (Å²) in [6.07, 6.45) is 3.16. The standard InChI is InChI=1S/C15H9BrN4O2S/c16-9-1-2-12-11(5-9)14(22)19(8-17-12)7-10-6-13(21)20-3-4-23-15(20)18-10/h1-6,8H,7H2. The zero-order chi connectivity index (χ0) is 16.0. The molecule has 0 N–H and O–H groups in total.